The molecule has 0 aliphatic rings. The number of nitrogens with zero attached hydrogens (tertiary/aromatic N) is 1. The summed E-state index contributed by atoms with van der Waals surface area (Å²) >= 11 is 1.93. The molecule has 18 heavy (non-hydrogen) atoms. The van der Waals surface area contributed by atoms with E-state index in [1.54, 1.807) is 19.1 Å². The van der Waals surface area contributed by atoms with Crippen LogP contribution < -0.4 is 5.32 Å². The topological polar surface area (TPSA) is 75.4 Å². The molecule has 6 heteroatoms. The summed E-state index contributed by atoms with van der Waals surface area (Å²) in [5.74, 6) is 0. The SMILES string of the molecule is CCCC(C)(O)CNc1ccc([N+](=O)[O-])c(I)c1. The van der Waals surface area contributed by atoms with Crippen molar-refractivity contribution in [3.8, 4) is 0 Å². The fourth-order valence-electron chi connectivity index (χ4n) is 1.68. The number of rotatable bonds is 6. The lowest BCUT2D eigenvalue weighted by atomic mass is 10.0. The minimum absolute atomic E-state index is 0.0986. The van der Waals surface area contributed by atoms with E-state index in [0.29, 0.717) is 16.5 Å². The molecule has 0 aromatic heterocycles. The molecule has 1 unspecified atom stereocenters. The Morgan fingerprint density at radius 3 is 2.72 bits per heavy atom. The zero-order valence-corrected chi connectivity index (χ0v) is 12.6. The molecule has 5 nitrogen and oxygen atoms in total. The molecule has 1 aromatic carbocycles. The van der Waals surface area contributed by atoms with Crippen LogP contribution in [-0.4, -0.2) is 22.2 Å². The Kier molecular flexibility index (Phi) is 5.33. The number of anilines is 1. The van der Waals surface area contributed by atoms with Gasteiger partial charge < -0.3 is 10.4 Å². The first kappa shape index (κ1) is 15.2. The standard InChI is InChI=1S/C12H17IN2O3/c1-3-6-12(2,16)8-14-9-4-5-11(15(17)18)10(13)7-9/h4-5,7,14,16H,3,6,8H2,1-2H3. The summed E-state index contributed by atoms with van der Waals surface area (Å²) in [6.07, 6.45) is 1.62. The van der Waals surface area contributed by atoms with Crippen molar-refractivity contribution < 1.29 is 10.0 Å². The summed E-state index contributed by atoms with van der Waals surface area (Å²) in [5, 5.41) is 23.8. The van der Waals surface area contributed by atoms with Gasteiger partial charge in [0.1, 0.15) is 0 Å². The van der Waals surface area contributed by atoms with Crippen LogP contribution in [0.25, 0.3) is 0 Å². The molecule has 0 aliphatic heterocycles. The molecule has 0 amide bonds. The van der Waals surface area contributed by atoms with Gasteiger partial charge in [0.15, 0.2) is 0 Å². The van der Waals surface area contributed by atoms with E-state index in [-0.39, 0.29) is 5.69 Å². The first-order valence-electron chi connectivity index (χ1n) is 5.76. The summed E-state index contributed by atoms with van der Waals surface area (Å²) in [6.45, 7) is 4.22. The number of nitro benzene ring substituents is 1. The second-order valence-corrected chi connectivity index (χ2v) is 5.69. The van der Waals surface area contributed by atoms with Crippen LogP contribution in [0, 0.1) is 13.7 Å². The van der Waals surface area contributed by atoms with Crippen LogP contribution >= 0.6 is 22.6 Å². The van der Waals surface area contributed by atoms with Gasteiger partial charge in [-0.1, -0.05) is 13.3 Å². The van der Waals surface area contributed by atoms with Crippen molar-refractivity contribution in [2.45, 2.75) is 32.3 Å². The maximum Gasteiger partial charge on any atom is 0.282 e. The largest absolute Gasteiger partial charge is 0.388 e. The molecule has 0 saturated carbocycles. The lowest BCUT2D eigenvalue weighted by molar-refractivity contribution is -0.385. The third-order valence-electron chi connectivity index (χ3n) is 2.61. The van der Waals surface area contributed by atoms with Crippen molar-refractivity contribution >= 4 is 34.0 Å². The van der Waals surface area contributed by atoms with Crippen LogP contribution in [0.1, 0.15) is 26.7 Å². The van der Waals surface area contributed by atoms with Gasteiger partial charge in [-0.2, -0.15) is 0 Å². The fourth-order valence-corrected chi connectivity index (χ4v) is 2.40. The molecule has 1 rings (SSSR count). The lowest BCUT2D eigenvalue weighted by Crippen LogP contribution is -2.33. The number of nitro groups is 1. The van der Waals surface area contributed by atoms with E-state index in [4.69, 9.17) is 0 Å². The number of nitrogens with one attached hydrogen (secondary N) is 1. The lowest BCUT2D eigenvalue weighted by Gasteiger charge is -2.23. The number of hydrogen-bond donors (Lipinski definition) is 2. The summed E-state index contributed by atoms with van der Waals surface area (Å²) in [6, 6.07) is 4.84. The van der Waals surface area contributed by atoms with Gasteiger partial charge in [0.25, 0.3) is 5.69 Å². The highest BCUT2D eigenvalue weighted by Crippen LogP contribution is 2.24. The van der Waals surface area contributed by atoms with Gasteiger partial charge in [-0.15, -0.1) is 0 Å². The monoisotopic (exact) mass is 364 g/mol. The Labute approximate surface area is 120 Å². The van der Waals surface area contributed by atoms with Crippen molar-refractivity contribution in [1.29, 1.82) is 0 Å². The van der Waals surface area contributed by atoms with Gasteiger partial charge in [-0.25, -0.2) is 0 Å². The molecule has 0 aliphatic carbocycles. The van der Waals surface area contributed by atoms with Crippen LogP contribution in [0.15, 0.2) is 18.2 Å². The second kappa shape index (κ2) is 6.33. The van der Waals surface area contributed by atoms with Gasteiger partial charge in [-0.3, -0.25) is 10.1 Å². The van der Waals surface area contributed by atoms with E-state index >= 15 is 0 Å². The van der Waals surface area contributed by atoms with E-state index in [0.717, 1.165) is 12.1 Å². The highest BCUT2D eigenvalue weighted by molar-refractivity contribution is 14.1. The van der Waals surface area contributed by atoms with Crippen molar-refractivity contribution in [3.05, 3.63) is 31.9 Å². The predicted octanol–water partition coefficient (Wildman–Crippen LogP) is 3.16. The van der Waals surface area contributed by atoms with Crippen LogP contribution in [-0.2, 0) is 0 Å². The minimum Gasteiger partial charge on any atom is -0.388 e. The number of benzene rings is 1. The molecule has 0 bridgehead atoms. The number of hydrogen-bond acceptors (Lipinski definition) is 4. The average molecular weight is 364 g/mol. The minimum atomic E-state index is -0.762. The third kappa shape index (κ3) is 4.41. The van der Waals surface area contributed by atoms with Crippen molar-refractivity contribution in [1.82, 2.24) is 0 Å². The molecule has 0 radical (unpaired) electrons. The first-order chi connectivity index (χ1) is 8.35. The van der Waals surface area contributed by atoms with Crippen molar-refractivity contribution in [3.63, 3.8) is 0 Å². The van der Waals surface area contributed by atoms with Gasteiger partial charge in [0.05, 0.1) is 14.1 Å². The van der Waals surface area contributed by atoms with Crippen molar-refractivity contribution in [2.24, 2.45) is 0 Å². The fraction of sp³-hybridized carbons (Fsp3) is 0.500. The highest BCUT2D eigenvalue weighted by atomic mass is 127. The Bertz CT molecular complexity index is 435. The Hall–Kier alpha value is -0.890. The molecule has 100 valence electrons. The zero-order valence-electron chi connectivity index (χ0n) is 10.4. The Morgan fingerprint density at radius 2 is 2.22 bits per heavy atom. The summed E-state index contributed by atoms with van der Waals surface area (Å²) in [7, 11) is 0. The van der Waals surface area contributed by atoms with Crippen molar-refractivity contribution in [2.75, 3.05) is 11.9 Å². The summed E-state index contributed by atoms with van der Waals surface area (Å²) in [4.78, 5) is 10.3. The summed E-state index contributed by atoms with van der Waals surface area (Å²) < 4.78 is 0.581. The van der Waals surface area contributed by atoms with E-state index in [2.05, 4.69) is 5.32 Å². The number of aliphatic hydroxyl groups is 1. The quantitative estimate of drug-likeness (QED) is 0.462. The average Bonchev–Trinajstić information content (AvgIpc) is 2.26. The van der Waals surface area contributed by atoms with Gasteiger partial charge in [0, 0.05) is 18.3 Å². The van der Waals surface area contributed by atoms with Crippen LogP contribution in [0.4, 0.5) is 11.4 Å². The molecular formula is C12H17IN2O3. The smallest absolute Gasteiger partial charge is 0.282 e. The van der Waals surface area contributed by atoms with Crippen LogP contribution in [0.3, 0.4) is 0 Å². The maximum atomic E-state index is 10.7. The zero-order chi connectivity index (χ0) is 13.8. The normalized spacial score (nSPS) is 14.0. The van der Waals surface area contributed by atoms with Crippen LogP contribution in [0.5, 0.6) is 0 Å². The maximum absolute atomic E-state index is 10.7. The van der Waals surface area contributed by atoms with Crippen LogP contribution in [0.2, 0.25) is 0 Å². The second-order valence-electron chi connectivity index (χ2n) is 4.52. The molecule has 1 atom stereocenters. The first-order valence-corrected chi connectivity index (χ1v) is 6.84. The van der Waals surface area contributed by atoms with Gasteiger partial charge in [0.2, 0.25) is 0 Å². The molecule has 0 heterocycles. The van der Waals surface area contributed by atoms with E-state index in [1.165, 1.54) is 6.07 Å². The molecule has 0 spiro atoms. The van der Waals surface area contributed by atoms with E-state index in [1.807, 2.05) is 29.5 Å². The summed E-state index contributed by atoms with van der Waals surface area (Å²) in [5.41, 5.74) is 0.116. The van der Waals surface area contributed by atoms with E-state index < -0.39 is 10.5 Å². The molecular weight excluding hydrogens is 347 g/mol. The predicted molar refractivity (Wildman–Crippen MR) is 79.8 cm³/mol. The number of halogens is 1. The Morgan fingerprint density at radius 1 is 1.56 bits per heavy atom. The van der Waals surface area contributed by atoms with E-state index in [9.17, 15) is 15.2 Å². The highest BCUT2D eigenvalue weighted by Gasteiger charge is 2.19. The molecule has 1 aromatic rings. The van der Waals surface area contributed by atoms with Gasteiger partial charge in [-0.05, 0) is 48.1 Å². The molecule has 0 saturated heterocycles. The molecule has 2 N–H and O–H groups in total. The third-order valence-corrected chi connectivity index (χ3v) is 3.47. The Balaban J connectivity index is 2.70. The molecule has 0 fully saturated rings. The van der Waals surface area contributed by atoms with Gasteiger partial charge >= 0.3 is 0 Å².